The Morgan fingerprint density at radius 1 is 1.08 bits per heavy atom. The zero-order valence-electron chi connectivity index (χ0n) is 21.1. The summed E-state index contributed by atoms with van der Waals surface area (Å²) in [5, 5.41) is 2.69. The summed E-state index contributed by atoms with van der Waals surface area (Å²) in [6.45, 7) is 4.29. The minimum atomic E-state index is -0.634. The van der Waals surface area contributed by atoms with Gasteiger partial charge in [0.2, 0.25) is 11.8 Å². The first-order chi connectivity index (χ1) is 18.3. The van der Waals surface area contributed by atoms with Gasteiger partial charge < -0.3 is 10.1 Å². The summed E-state index contributed by atoms with van der Waals surface area (Å²) in [6.07, 6.45) is 0.487. The number of aliphatic imine (C=N–C) groups is 1. The molecule has 1 N–H and O–H groups in total. The van der Waals surface area contributed by atoms with Crippen LogP contribution in [0.4, 0.5) is 15.8 Å². The molecule has 1 saturated heterocycles. The Morgan fingerprint density at radius 3 is 2.50 bits per heavy atom. The first kappa shape index (κ1) is 27.1. The highest BCUT2D eigenvalue weighted by Crippen LogP contribution is 2.32. The lowest BCUT2D eigenvalue weighted by Crippen LogP contribution is -2.35. The maximum atomic E-state index is 13.4. The highest BCUT2D eigenvalue weighted by atomic mass is 32.2. The summed E-state index contributed by atoms with van der Waals surface area (Å²) in [6, 6.07) is 20.2. The molecule has 1 fully saturated rings. The molecular formula is C29H28FN3O4S. The van der Waals surface area contributed by atoms with Crippen molar-refractivity contribution in [3.63, 3.8) is 0 Å². The van der Waals surface area contributed by atoms with E-state index < -0.39 is 11.2 Å². The van der Waals surface area contributed by atoms with Crippen molar-refractivity contribution in [1.29, 1.82) is 0 Å². The molecular weight excluding hydrogens is 505 g/mol. The molecule has 1 atom stereocenters. The molecule has 1 unspecified atom stereocenters. The van der Waals surface area contributed by atoms with E-state index in [0.29, 0.717) is 35.1 Å². The average Bonchev–Trinajstić information content (AvgIpc) is 3.17. The molecule has 7 nitrogen and oxygen atoms in total. The van der Waals surface area contributed by atoms with Gasteiger partial charge in [0.25, 0.3) is 0 Å². The van der Waals surface area contributed by atoms with Gasteiger partial charge in [-0.15, -0.1) is 0 Å². The number of hydrogen-bond acceptors (Lipinski definition) is 6. The third-order valence-corrected chi connectivity index (χ3v) is 7.01. The molecule has 1 aliphatic rings. The van der Waals surface area contributed by atoms with Crippen molar-refractivity contribution >= 4 is 46.1 Å². The Labute approximate surface area is 225 Å². The van der Waals surface area contributed by atoms with Gasteiger partial charge >= 0.3 is 5.97 Å². The molecule has 0 radical (unpaired) electrons. The lowest BCUT2D eigenvalue weighted by atomic mass is 10.1. The number of amidine groups is 1. The van der Waals surface area contributed by atoms with Crippen molar-refractivity contribution in [2.75, 3.05) is 18.5 Å². The molecule has 0 spiro atoms. The van der Waals surface area contributed by atoms with E-state index in [1.807, 2.05) is 25.1 Å². The van der Waals surface area contributed by atoms with Crippen LogP contribution in [0.5, 0.6) is 0 Å². The van der Waals surface area contributed by atoms with Crippen LogP contribution in [0.2, 0.25) is 0 Å². The molecule has 0 bridgehead atoms. The largest absolute Gasteiger partial charge is 0.462 e. The lowest BCUT2D eigenvalue weighted by Gasteiger charge is -2.16. The van der Waals surface area contributed by atoms with E-state index in [1.165, 1.54) is 23.9 Å². The number of nitrogens with zero attached hydrogens (tertiary/aromatic N) is 2. The number of hydrogen-bond donors (Lipinski definition) is 1. The Bertz CT molecular complexity index is 1340. The maximum absolute atomic E-state index is 13.4. The molecule has 196 valence electrons. The fourth-order valence-electron chi connectivity index (χ4n) is 3.92. The summed E-state index contributed by atoms with van der Waals surface area (Å²) in [7, 11) is 0. The van der Waals surface area contributed by atoms with Crippen molar-refractivity contribution in [3.8, 4) is 0 Å². The molecule has 9 heteroatoms. The van der Waals surface area contributed by atoms with E-state index in [9.17, 15) is 18.8 Å². The molecule has 0 aliphatic carbocycles. The molecule has 0 aromatic heterocycles. The van der Waals surface area contributed by atoms with Crippen molar-refractivity contribution in [2.24, 2.45) is 4.99 Å². The second kappa shape index (κ2) is 12.5. The molecule has 3 aromatic carbocycles. The first-order valence-corrected chi connectivity index (χ1v) is 13.1. The fourth-order valence-corrected chi connectivity index (χ4v) is 5.11. The van der Waals surface area contributed by atoms with Crippen molar-refractivity contribution in [3.05, 3.63) is 95.3 Å². The van der Waals surface area contributed by atoms with Crippen LogP contribution >= 0.6 is 11.8 Å². The van der Waals surface area contributed by atoms with Gasteiger partial charge in [-0.2, -0.15) is 0 Å². The van der Waals surface area contributed by atoms with E-state index >= 15 is 0 Å². The van der Waals surface area contributed by atoms with Crippen LogP contribution in [0.1, 0.15) is 34.8 Å². The minimum Gasteiger partial charge on any atom is -0.462 e. The Hall–Kier alpha value is -3.98. The first-order valence-electron chi connectivity index (χ1n) is 12.3. The number of nitrogens with one attached hydrogen (secondary N) is 1. The molecule has 2 amide bonds. The minimum absolute atomic E-state index is 0.00862. The van der Waals surface area contributed by atoms with E-state index in [4.69, 9.17) is 4.74 Å². The molecule has 1 heterocycles. The normalized spacial score (nSPS) is 16.1. The number of rotatable bonds is 9. The summed E-state index contributed by atoms with van der Waals surface area (Å²) in [5.74, 6) is -1.22. The number of carbonyl (C=O) groups is 3. The number of amides is 2. The zero-order valence-corrected chi connectivity index (χ0v) is 22.0. The predicted octanol–water partition coefficient (Wildman–Crippen LogP) is 5.51. The van der Waals surface area contributed by atoms with Crippen LogP contribution < -0.4 is 5.32 Å². The maximum Gasteiger partial charge on any atom is 0.338 e. The van der Waals surface area contributed by atoms with Crippen molar-refractivity contribution < 1.29 is 23.5 Å². The Morgan fingerprint density at radius 2 is 1.82 bits per heavy atom. The van der Waals surface area contributed by atoms with Gasteiger partial charge in [0, 0.05) is 18.7 Å². The second-order valence-corrected chi connectivity index (χ2v) is 9.93. The standard InChI is InChI=1S/C29H28FN3O4S/c1-3-37-28(36)21-9-13-23(14-10-21)32-29-33(16-15-20-7-11-22(30)12-8-20)27(35)25(38-29)18-26(34)31-24-6-4-5-19(2)17-24/h4-14,17,25H,3,15-16,18H2,1-2H3,(H,31,34). The van der Waals surface area contributed by atoms with Gasteiger partial charge in [-0.05, 0) is 79.9 Å². The molecule has 1 aliphatic heterocycles. The molecule has 0 saturated carbocycles. The molecule has 4 rings (SSSR count). The average molecular weight is 534 g/mol. The number of esters is 1. The summed E-state index contributed by atoms with van der Waals surface area (Å²) in [5.41, 5.74) is 3.54. The Kier molecular flexibility index (Phi) is 8.91. The topological polar surface area (TPSA) is 88.1 Å². The number of carbonyl (C=O) groups excluding carboxylic acids is 3. The van der Waals surface area contributed by atoms with E-state index in [-0.39, 0.29) is 30.7 Å². The highest BCUT2D eigenvalue weighted by molar-refractivity contribution is 8.15. The second-order valence-electron chi connectivity index (χ2n) is 8.76. The predicted molar refractivity (Wildman–Crippen MR) is 147 cm³/mol. The van der Waals surface area contributed by atoms with Crippen LogP contribution in [0.3, 0.4) is 0 Å². The SMILES string of the molecule is CCOC(=O)c1ccc(N=C2SC(CC(=O)Nc3cccc(C)c3)C(=O)N2CCc2ccc(F)cc2)cc1. The lowest BCUT2D eigenvalue weighted by molar-refractivity contribution is -0.128. The van der Waals surface area contributed by atoms with Crippen LogP contribution in [0.25, 0.3) is 0 Å². The van der Waals surface area contributed by atoms with Crippen molar-refractivity contribution in [1.82, 2.24) is 4.90 Å². The number of halogens is 1. The third-order valence-electron chi connectivity index (χ3n) is 5.83. The summed E-state index contributed by atoms with van der Waals surface area (Å²) in [4.78, 5) is 44.3. The highest BCUT2D eigenvalue weighted by Gasteiger charge is 2.39. The van der Waals surface area contributed by atoms with E-state index in [2.05, 4.69) is 10.3 Å². The van der Waals surface area contributed by atoms with Gasteiger partial charge in [0.1, 0.15) is 11.1 Å². The van der Waals surface area contributed by atoms with Crippen LogP contribution in [-0.4, -0.2) is 46.3 Å². The van der Waals surface area contributed by atoms with Crippen molar-refractivity contribution in [2.45, 2.75) is 31.9 Å². The monoisotopic (exact) mass is 533 g/mol. The van der Waals surface area contributed by atoms with Gasteiger partial charge in [-0.25, -0.2) is 14.2 Å². The van der Waals surface area contributed by atoms with E-state index in [1.54, 1.807) is 54.3 Å². The van der Waals surface area contributed by atoms with Gasteiger partial charge in [0.15, 0.2) is 5.17 Å². The molecule has 3 aromatic rings. The zero-order chi connectivity index (χ0) is 27.1. The van der Waals surface area contributed by atoms with Crippen LogP contribution in [-0.2, 0) is 20.7 Å². The fraction of sp³-hybridized carbons (Fsp3) is 0.241. The number of ether oxygens (including phenoxy) is 1. The summed E-state index contributed by atoms with van der Waals surface area (Å²) >= 11 is 1.23. The quantitative estimate of drug-likeness (QED) is 0.366. The van der Waals surface area contributed by atoms with Gasteiger partial charge in [-0.1, -0.05) is 36.0 Å². The number of benzene rings is 3. The number of anilines is 1. The third kappa shape index (κ3) is 7.07. The molecule has 38 heavy (non-hydrogen) atoms. The number of aryl methyl sites for hydroxylation is 1. The summed E-state index contributed by atoms with van der Waals surface area (Å²) < 4.78 is 18.3. The smallest absolute Gasteiger partial charge is 0.338 e. The van der Waals surface area contributed by atoms with Gasteiger partial charge in [-0.3, -0.25) is 14.5 Å². The van der Waals surface area contributed by atoms with Gasteiger partial charge in [0.05, 0.1) is 17.9 Å². The Balaban J connectivity index is 1.51. The van der Waals surface area contributed by atoms with Crippen LogP contribution in [0, 0.1) is 12.7 Å². The van der Waals surface area contributed by atoms with Crippen LogP contribution in [0.15, 0.2) is 77.8 Å². The van der Waals surface area contributed by atoms with E-state index in [0.717, 1.165) is 11.1 Å². The number of thioether (sulfide) groups is 1.